The smallest absolute Gasteiger partial charge is 0.118 e. The lowest BCUT2D eigenvalue weighted by atomic mass is 10.2. The fraction of sp³-hybridized carbons (Fsp3) is 0.714. The van der Waals surface area contributed by atoms with Crippen molar-refractivity contribution in [3.8, 4) is 5.75 Å². The maximum atomic E-state index is 8.92. The molecule has 0 atom stereocenters. The van der Waals surface area contributed by atoms with E-state index >= 15 is 0 Å². The molecule has 0 aliphatic heterocycles. The first-order valence-corrected chi connectivity index (χ1v) is 9.55. The van der Waals surface area contributed by atoms with Crippen molar-refractivity contribution in [2.75, 3.05) is 0 Å². The molecule has 0 amide bonds. The predicted molar refractivity (Wildman–Crippen MR) is 112 cm³/mol. The van der Waals surface area contributed by atoms with Gasteiger partial charge in [-0.25, -0.2) is 0 Å². The van der Waals surface area contributed by atoms with Crippen molar-refractivity contribution in [2.45, 2.75) is 104 Å². The van der Waals surface area contributed by atoms with Crippen molar-refractivity contribution >= 4 is 0 Å². The van der Waals surface area contributed by atoms with Crippen LogP contribution in [0.15, 0.2) is 24.3 Å². The van der Waals surface area contributed by atoms with Crippen molar-refractivity contribution in [2.24, 2.45) is 0 Å². The molecule has 140 valence electrons. The van der Waals surface area contributed by atoms with Crippen LogP contribution in [0, 0.1) is 6.92 Å². The Morgan fingerprint density at radius 3 is 0.864 bits per heavy atom. The van der Waals surface area contributed by atoms with E-state index in [0.717, 1.165) is 5.56 Å². The van der Waals surface area contributed by atoms with Crippen LogP contribution in [-0.4, -0.2) is 5.11 Å². The van der Waals surface area contributed by atoms with Gasteiger partial charge in [0.1, 0.15) is 5.75 Å². The van der Waals surface area contributed by atoms with Crippen molar-refractivity contribution in [1.82, 2.24) is 0 Å². The summed E-state index contributed by atoms with van der Waals surface area (Å²) < 4.78 is 0. The molecule has 1 rings (SSSR count). The SMILES string of the molecule is CC.CC.CC.CC.CC.CC.CC.Cc1ccccc1O. The average molecular weight is 319 g/mol. The number of phenolic OH excluding ortho intramolecular Hbond substituents is 1. The average Bonchev–Trinajstić information content (AvgIpc) is 2.69. The molecule has 1 aromatic carbocycles. The van der Waals surface area contributed by atoms with Crippen molar-refractivity contribution in [3.63, 3.8) is 0 Å². The van der Waals surface area contributed by atoms with Crippen molar-refractivity contribution in [1.29, 1.82) is 0 Å². The van der Waals surface area contributed by atoms with Gasteiger partial charge in [-0.15, -0.1) is 0 Å². The van der Waals surface area contributed by atoms with Gasteiger partial charge >= 0.3 is 0 Å². The molecule has 0 aliphatic rings. The van der Waals surface area contributed by atoms with Gasteiger partial charge in [0.2, 0.25) is 0 Å². The highest BCUT2D eigenvalue weighted by molar-refractivity contribution is 5.29. The Morgan fingerprint density at radius 1 is 0.500 bits per heavy atom. The second kappa shape index (κ2) is 89.0. The van der Waals surface area contributed by atoms with E-state index in [1.165, 1.54) is 0 Å². The van der Waals surface area contributed by atoms with E-state index in [1.807, 2.05) is 122 Å². The number of aryl methyl sites for hydroxylation is 1. The molecule has 1 heteroatoms. The highest BCUT2D eigenvalue weighted by atomic mass is 16.3. The van der Waals surface area contributed by atoms with E-state index in [9.17, 15) is 0 Å². The van der Waals surface area contributed by atoms with Crippen LogP contribution in [0.3, 0.4) is 0 Å². The molecular weight excluding hydrogens is 268 g/mol. The van der Waals surface area contributed by atoms with Gasteiger partial charge in [0.05, 0.1) is 0 Å². The van der Waals surface area contributed by atoms with E-state index in [-0.39, 0.29) is 0 Å². The lowest BCUT2D eigenvalue weighted by Crippen LogP contribution is -1.68. The summed E-state index contributed by atoms with van der Waals surface area (Å²) in [6.07, 6.45) is 0. The van der Waals surface area contributed by atoms with Crippen LogP contribution in [0.5, 0.6) is 5.75 Å². The Kier molecular flexibility index (Phi) is 173. The van der Waals surface area contributed by atoms with Crippen LogP contribution in [0.25, 0.3) is 0 Å². The molecule has 0 bridgehead atoms. The largest absolute Gasteiger partial charge is 0.508 e. The number of benzene rings is 1. The number of phenols is 1. The van der Waals surface area contributed by atoms with E-state index in [0.29, 0.717) is 5.75 Å². The second-order valence-electron chi connectivity index (χ2n) is 1.79. The second-order valence-corrected chi connectivity index (χ2v) is 1.79. The Morgan fingerprint density at radius 2 is 0.727 bits per heavy atom. The van der Waals surface area contributed by atoms with Gasteiger partial charge in [0.25, 0.3) is 0 Å². The maximum absolute atomic E-state index is 8.92. The zero-order chi connectivity index (χ0) is 20.0. The maximum Gasteiger partial charge on any atom is 0.118 e. The monoisotopic (exact) mass is 318 g/mol. The van der Waals surface area contributed by atoms with Crippen LogP contribution in [0.4, 0.5) is 0 Å². The molecule has 0 saturated carbocycles. The Labute approximate surface area is 145 Å². The van der Waals surface area contributed by atoms with Gasteiger partial charge in [0.15, 0.2) is 0 Å². The van der Waals surface area contributed by atoms with Gasteiger partial charge in [-0.05, 0) is 18.6 Å². The Bertz CT molecular complexity index is 162. The predicted octanol–water partition coefficient (Wildman–Crippen LogP) is 8.88. The van der Waals surface area contributed by atoms with E-state index < -0.39 is 0 Å². The molecular formula is C21H50O. The summed E-state index contributed by atoms with van der Waals surface area (Å²) in [7, 11) is 0. The van der Waals surface area contributed by atoms with Crippen LogP contribution >= 0.6 is 0 Å². The van der Waals surface area contributed by atoms with Crippen molar-refractivity contribution in [3.05, 3.63) is 29.8 Å². The molecule has 0 heterocycles. The van der Waals surface area contributed by atoms with Crippen LogP contribution in [0.1, 0.15) is 102 Å². The number of hydrogen-bond acceptors (Lipinski definition) is 1. The zero-order valence-corrected chi connectivity index (χ0v) is 18.8. The minimum absolute atomic E-state index is 0.368. The molecule has 0 radical (unpaired) electrons. The first-order chi connectivity index (χ1) is 10.8. The molecule has 1 aromatic rings. The summed E-state index contributed by atoms with van der Waals surface area (Å²) in [6, 6.07) is 7.25. The number of rotatable bonds is 0. The number of hydrogen-bond donors (Lipinski definition) is 1. The normalized spacial score (nSPS) is 5.23. The highest BCUT2D eigenvalue weighted by Crippen LogP contribution is 2.12. The fourth-order valence-corrected chi connectivity index (χ4v) is 0.563. The molecule has 0 unspecified atom stereocenters. The molecule has 0 spiro atoms. The highest BCUT2D eigenvalue weighted by Gasteiger charge is 1.86. The third kappa shape index (κ3) is 61.5. The lowest BCUT2D eigenvalue weighted by molar-refractivity contribution is 0.471. The third-order valence-corrected chi connectivity index (χ3v) is 1.12. The standard InChI is InChI=1S/C7H8O.7C2H6/c1-6-4-2-3-5-7(6)8;7*1-2/h2-5,8H,1H3;7*1-2H3. The van der Waals surface area contributed by atoms with Crippen LogP contribution in [0.2, 0.25) is 0 Å². The molecule has 0 aromatic heterocycles. The first-order valence-electron chi connectivity index (χ1n) is 9.55. The van der Waals surface area contributed by atoms with Gasteiger partial charge in [0, 0.05) is 0 Å². The summed E-state index contributed by atoms with van der Waals surface area (Å²) in [5.74, 6) is 0.368. The van der Waals surface area contributed by atoms with Gasteiger partial charge in [-0.3, -0.25) is 0 Å². The van der Waals surface area contributed by atoms with Crippen LogP contribution in [-0.2, 0) is 0 Å². The summed E-state index contributed by atoms with van der Waals surface area (Å²) in [6.45, 7) is 29.9. The molecule has 0 aliphatic carbocycles. The fourth-order valence-electron chi connectivity index (χ4n) is 0.563. The topological polar surface area (TPSA) is 20.2 Å². The zero-order valence-electron chi connectivity index (χ0n) is 18.8. The molecule has 1 nitrogen and oxygen atoms in total. The van der Waals surface area contributed by atoms with Crippen molar-refractivity contribution < 1.29 is 5.11 Å². The van der Waals surface area contributed by atoms with E-state index in [4.69, 9.17) is 5.11 Å². The minimum Gasteiger partial charge on any atom is -0.508 e. The quantitative estimate of drug-likeness (QED) is 0.506. The van der Waals surface area contributed by atoms with E-state index in [2.05, 4.69) is 0 Å². The minimum atomic E-state index is 0.368. The van der Waals surface area contributed by atoms with Gasteiger partial charge in [-0.1, -0.05) is 115 Å². The molecule has 22 heavy (non-hydrogen) atoms. The summed E-state index contributed by atoms with van der Waals surface area (Å²) >= 11 is 0. The molecule has 1 N–H and O–H groups in total. The summed E-state index contributed by atoms with van der Waals surface area (Å²) in [5, 5.41) is 8.92. The van der Waals surface area contributed by atoms with Crippen LogP contribution < -0.4 is 0 Å². The number of aromatic hydroxyl groups is 1. The number of para-hydroxylation sites is 1. The molecule has 0 saturated heterocycles. The summed E-state index contributed by atoms with van der Waals surface area (Å²) in [4.78, 5) is 0. The summed E-state index contributed by atoms with van der Waals surface area (Å²) in [5.41, 5.74) is 0.924. The third-order valence-electron chi connectivity index (χ3n) is 1.12. The van der Waals surface area contributed by atoms with Gasteiger partial charge in [-0.2, -0.15) is 0 Å². The van der Waals surface area contributed by atoms with Gasteiger partial charge < -0.3 is 5.11 Å². The lowest BCUT2D eigenvalue weighted by Gasteiger charge is -1.92. The Hall–Kier alpha value is -0.980. The first kappa shape index (κ1) is 42.9. The molecule has 0 fully saturated rings. The van der Waals surface area contributed by atoms with E-state index in [1.54, 1.807) is 6.07 Å². The Balaban J connectivity index is -0.0000000276.